The highest BCUT2D eigenvalue weighted by Gasteiger charge is 2.15. The molecule has 7 heteroatoms. The lowest BCUT2D eigenvalue weighted by molar-refractivity contribution is -0.133. The number of hydrogen-bond acceptors (Lipinski definition) is 5. The number of aryl methyl sites for hydroxylation is 1. The number of hydrogen-bond donors (Lipinski definition) is 1. The number of carbonyl (C=O) groups is 1. The highest BCUT2D eigenvalue weighted by Crippen LogP contribution is 2.01. The van der Waals surface area contributed by atoms with Crippen molar-refractivity contribution in [1.29, 1.82) is 0 Å². The average molecular weight is 274 g/mol. The molecule has 1 aromatic rings. The van der Waals surface area contributed by atoms with Gasteiger partial charge in [-0.05, 0) is 6.92 Å². The van der Waals surface area contributed by atoms with E-state index in [1.165, 1.54) is 9.47 Å². The topological polar surface area (TPSA) is 71.8 Å². The van der Waals surface area contributed by atoms with Crippen molar-refractivity contribution in [2.45, 2.75) is 13.5 Å². The van der Waals surface area contributed by atoms with Gasteiger partial charge in [0.25, 0.3) is 0 Å². The molecule has 0 saturated heterocycles. The number of thiazole rings is 1. The Labute approximate surface area is 109 Å². The van der Waals surface area contributed by atoms with E-state index in [1.54, 1.807) is 19.4 Å². The third kappa shape index (κ3) is 3.94. The van der Waals surface area contributed by atoms with Gasteiger partial charge in [-0.15, -0.1) is 0 Å². The lowest BCUT2D eigenvalue weighted by Gasteiger charge is -2.21. The molecule has 18 heavy (non-hydrogen) atoms. The highest BCUT2D eigenvalue weighted by atomic mass is 32.1. The van der Waals surface area contributed by atoms with Gasteiger partial charge >= 0.3 is 4.87 Å². The van der Waals surface area contributed by atoms with Crippen LogP contribution in [0.3, 0.4) is 0 Å². The molecule has 0 fully saturated rings. The fraction of sp³-hybridized carbons (Fsp3) is 0.636. The summed E-state index contributed by atoms with van der Waals surface area (Å²) < 4.78 is 6.34. The van der Waals surface area contributed by atoms with E-state index < -0.39 is 0 Å². The number of aliphatic hydroxyl groups is 1. The van der Waals surface area contributed by atoms with Crippen molar-refractivity contribution in [2.24, 2.45) is 0 Å². The molecule has 1 heterocycles. The number of ether oxygens (including phenoxy) is 1. The van der Waals surface area contributed by atoms with Crippen LogP contribution in [-0.2, 0) is 16.1 Å². The van der Waals surface area contributed by atoms with Crippen molar-refractivity contribution in [2.75, 3.05) is 33.4 Å². The minimum Gasteiger partial charge on any atom is -0.395 e. The Morgan fingerprint density at radius 1 is 1.56 bits per heavy atom. The molecule has 0 aliphatic rings. The molecule has 0 unspecified atom stereocenters. The van der Waals surface area contributed by atoms with Gasteiger partial charge < -0.3 is 14.7 Å². The number of nitrogens with zero attached hydrogens (tertiary/aromatic N) is 2. The van der Waals surface area contributed by atoms with Crippen LogP contribution in [0.4, 0.5) is 0 Å². The summed E-state index contributed by atoms with van der Waals surface area (Å²) in [6.07, 6.45) is 0. The Hall–Kier alpha value is -1.18. The van der Waals surface area contributed by atoms with Gasteiger partial charge in [0.05, 0.1) is 13.2 Å². The van der Waals surface area contributed by atoms with Gasteiger partial charge in [-0.25, -0.2) is 0 Å². The number of carbonyl (C=O) groups excluding carboxylic acids is 1. The first kappa shape index (κ1) is 14.9. The summed E-state index contributed by atoms with van der Waals surface area (Å²) in [7, 11) is 1.55. The van der Waals surface area contributed by atoms with Crippen molar-refractivity contribution < 1.29 is 14.6 Å². The first-order chi connectivity index (χ1) is 8.60. The average Bonchev–Trinajstić information content (AvgIpc) is 2.66. The quantitative estimate of drug-likeness (QED) is 0.740. The summed E-state index contributed by atoms with van der Waals surface area (Å²) in [6, 6.07) is 0. The van der Waals surface area contributed by atoms with Crippen LogP contribution in [0.1, 0.15) is 5.69 Å². The minimum atomic E-state index is -0.190. The molecule has 102 valence electrons. The molecular weight excluding hydrogens is 256 g/mol. The molecule has 6 nitrogen and oxygen atoms in total. The van der Waals surface area contributed by atoms with Gasteiger partial charge in [0.15, 0.2) is 0 Å². The van der Waals surface area contributed by atoms with Gasteiger partial charge in [-0.2, -0.15) is 0 Å². The summed E-state index contributed by atoms with van der Waals surface area (Å²) in [5.41, 5.74) is 0.772. The smallest absolute Gasteiger partial charge is 0.307 e. The number of methoxy groups -OCH3 is 1. The number of amides is 1. The number of aliphatic hydroxyl groups excluding tert-OH is 1. The van der Waals surface area contributed by atoms with Crippen LogP contribution in [0.5, 0.6) is 0 Å². The summed E-state index contributed by atoms with van der Waals surface area (Å²) in [6.45, 7) is 2.76. The van der Waals surface area contributed by atoms with Crippen LogP contribution in [0, 0.1) is 6.92 Å². The van der Waals surface area contributed by atoms with E-state index in [0.717, 1.165) is 17.0 Å². The fourth-order valence-corrected chi connectivity index (χ4v) is 2.25. The van der Waals surface area contributed by atoms with Gasteiger partial charge in [-0.1, -0.05) is 11.3 Å². The monoisotopic (exact) mass is 274 g/mol. The molecule has 0 bridgehead atoms. The molecule has 1 rings (SSSR count). The van der Waals surface area contributed by atoms with E-state index in [-0.39, 0.29) is 30.5 Å². The third-order valence-corrected chi connectivity index (χ3v) is 3.44. The molecule has 1 amide bonds. The standard InChI is InChI=1S/C11H18N2O4S/c1-9-8-18-11(16)13(9)7-10(15)12(3-5-14)4-6-17-2/h8,14H,3-7H2,1-2H3. The van der Waals surface area contributed by atoms with Crippen molar-refractivity contribution in [3.63, 3.8) is 0 Å². The molecule has 0 spiro atoms. The molecule has 0 aromatic carbocycles. The van der Waals surface area contributed by atoms with E-state index >= 15 is 0 Å². The van der Waals surface area contributed by atoms with E-state index in [4.69, 9.17) is 9.84 Å². The van der Waals surface area contributed by atoms with Gasteiger partial charge in [0.1, 0.15) is 6.54 Å². The normalized spacial score (nSPS) is 10.6. The molecule has 1 N–H and O–H groups in total. The zero-order valence-corrected chi connectivity index (χ0v) is 11.4. The Bertz CT molecular complexity index is 440. The molecule has 0 radical (unpaired) electrons. The maximum atomic E-state index is 12.0. The van der Waals surface area contributed by atoms with Gasteiger partial charge in [0, 0.05) is 31.3 Å². The molecule has 0 aliphatic heterocycles. The van der Waals surface area contributed by atoms with Crippen molar-refractivity contribution in [3.05, 3.63) is 20.7 Å². The lowest BCUT2D eigenvalue weighted by Crippen LogP contribution is -2.39. The first-order valence-electron chi connectivity index (χ1n) is 5.62. The molecular formula is C11H18N2O4S. The predicted octanol–water partition coefficient (Wildman–Crippen LogP) is -0.314. The van der Waals surface area contributed by atoms with Crippen LogP contribution < -0.4 is 4.87 Å². The highest BCUT2D eigenvalue weighted by molar-refractivity contribution is 7.07. The summed E-state index contributed by atoms with van der Waals surface area (Å²) in [4.78, 5) is 24.9. The number of aromatic nitrogens is 1. The van der Waals surface area contributed by atoms with Crippen LogP contribution in [-0.4, -0.2) is 53.9 Å². The van der Waals surface area contributed by atoms with Gasteiger partial charge in [-0.3, -0.25) is 14.2 Å². The van der Waals surface area contributed by atoms with Crippen LogP contribution >= 0.6 is 11.3 Å². The Balaban J connectivity index is 2.69. The Morgan fingerprint density at radius 2 is 2.28 bits per heavy atom. The molecule has 1 aromatic heterocycles. The number of rotatable bonds is 7. The SMILES string of the molecule is COCCN(CCO)C(=O)Cn1c(C)csc1=O. The second kappa shape index (κ2) is 7.30. The second-order valence-electron chi connectivity index (χ2n) is 3.83. The first-order valence-corrected chi connectivity index (χ1v) is 6.50. The minimum absolute atomic E-state index is 0.0118. The molecule has 0 aliphatic carbocycles. The second-order valence-corrected chi connectivity index (χ2v) is 4.65. The van der Waals surface area contributed by atoms with Crippen LogP contribution in [0.25, 0.3) is 0 Å². The third-order valence-electron chi connectivity index (χ3n) is 2.56. The van der Waals surface area contributed by atoms with Crippen molar-refractivity contribution in [3.8, 4) is 0 Å². The van der Waals surface area contributed by atoms with Crippen LogP contribution in [0.2, 0.25) is 0 Å². The van der Waals surface area contributed by atoms with E-state index in [2.05, 4.69) is 0 Å². The van der Waals surface area contributed by atoms with E-state index in [0.29, 0.717) is 13.2 Å². The van der Waals surface area contributed by atoms with Crippen LogP contribution in [0.15, 0.2) is 10.2 Å². The zero-order chi connectivity index (χ0) is 13.5. The maximum Gasteiger partial charge on any atom is 0.307 e. The van der Waals surface area contributed by atoms with E-state index in [9.17, 15) is 9.59 Å². The zero-order valence-electron chi connectivity index (χ0n) is 10.6. The summed E-state index contributed by atoms with van der Waals surface area (Å²) in [5, 5.41) is 10.6. The largest absolute Gasteiger partial charge is 0.395 e. The molecule has 0 saturated carbocycles. The Morgan fingerprint density at radius 3 is 2.78 bits per heavy atom. The predicted molar refractivity (Wildman–Crippen MR) is 68.9 cm³/mol. The van der Waals surface area contributed by atoms with Crippen molar-refractivity contribution in [1.82, 2.24) is 9.47 Å². The summed E-state index contributed by atoms with van der Waals surface area (Å²) in [5.74, 6) is -0.190. The summed E-state index contributed by atoms with van der Waals surface area (Å²) >= 11 is 1.08. The van der Waals surface area contributed by atoms with Crippen molar-refractivity contribution >= 4 is 17.2 Å². The Kier molecular flexibility index (Phi) is 6.03. The van der Waals surface area contributed by atoms with Gasteiger partial charge in [0.2, 0.25) is 5.91 Å². The lowest BCUT2D eigenvalue weighted by atomic mass is 10.4. The van der Waals surface area contributed by atoms with E-state index in [1.807, 2.05) is 0 Å². The maximum absolute atomic E-state index is 12.0. The fourth-order valence-electron chi connectivity index (χ4n) is 1.51. The molecule has 0 atom stereocenters.